The highest BCUT2D eigenvalue weighted by Gasteiger charge is 2.18. The highest BCUT2D eigenvalue weighted by Crippen LogP contribution is 2.24. The molecule has 1 saturated heterocycles. The summed E-state index contributed by atoms with van der Waals surface area (Å²) in [5.74, 6) is 0. The van der Waals surface area contributed by atoms with E-state index < -0.39 is 0 Å². The molecule has 2 unspecified atom stereocenters. The number of nitrogens with zero attached hydrogens (tertiary/aromatic N) is 1. The molecule has 0 spiro atoms. The van der Waals surface area contributed by atoms with Crippen LogP contribution in [0.3, 0.4) is 0 Å². The minimum atomic E-state index is -0.154. The van der Waals surface area contributed by atoms with Crippen LogP contribution in [0.4, 0.5) is 0 Å². The van der Waals surface area contributed by atoms with Crippen molar-refractivity contribution in [3.05, 3.63) is 34.3 Å². The monoisotopic (exact) mass is 312 g/mol. The number of hydrogen-bond acceptors (Lipinski definition) is 3. The van der Waals surface area contributed by atoms with Crippen LogP contribution in [0.2, 0.25) is 0 Å². The lowest BCUT2D eigenvalue weighted by atomic mass is 10.0. The summed E-state index contributed by atoms with van der Waals surface area (Å²) < 4.78 is 1.08. The summed E-state index contributed by atoms with van der Waals surface area (Å²) in [6.45, 7) is 2.84. The van der Waals surface area contributed by atoms with Crippen molar-refractivity contribution in [2.75, 3.05) is 19.6 Å². The van der Waals surface area contributed by atoms with Gasteiger partial charge in [-0.1, -0.05) is 34.1 Å². The maximum Gasteiger partial charge on any atom is 0.0667 e. The summed E-state index contributed by atoms with van der Waals surface area (Å²) in [4.78, 5) is 2.31. The Balaban J connectivity index is 1.84. The van der Waals surface area contributed by atoms with Gasteiger partial charge in [-0.05, 0) is 37.4 Å². The van der Waals surface area contributed by atoms with Gasteiger partial charge in [-0.15, -0.1) is 0 Å². The summed E-state index contributed by atoms with van der Waals surface area (Å²) >= 11 is 3.54. The third-order valence-electron chi connectivity index (χ3n) is 3.54. The molecule has 1 aliphatic rings. The molecule has 1 aromatic rings. The Kier molecular flexibility index (Phi) is 5.18. The molecule has 0 radical (unpaired) electrons. The quantitative estimate of drug-likeness (QED) is 0.897. The number of rotatable bonds is 4. The lowest BCUT2D eigenvalue weighted by molar-refractivity contribution is 0.0691. The zero-order valence-corrected chi connectivity index (χ0v) is 12.1. The fourth-order valence-electron chi connectivity index (χ4n) is 2.49. The Morgan fingerprint density at radius 1 is 1.44 bits per heavy atom. The van der Waals surface area contributed by atoms with Gasteiger partial charge >= 0.3 is 0 Å². The van der Waals surface area contributed by atoms with Crippen molar-refractivity contribution in [1.29, 1.82) is 0 Å². The van der Waals surface area contributed by atoms with Crippen LogP contribution in [0.15, 0.2) is 28.7 Å². The Bertz CT molecular complexity index is 386. The Morgan fingerprint density at radius 2 is 2.22 bits per heavy atom. The topological polar surface area (TPSA) is 49.5 Å². The van der Waals surface area contributed by atoms with E-state index in [1.54, 1.807) is 0 Å². The van der Waals surface area contributed by atoms with Gasteiger partial charge in [0.05, 0.1) is 6.10 Å². The smallest absolute Gasteiger partial charge is 0.0667 e. The number of likely N-dealkylation sites (tertiary alicyclic amines) is 1. The van der Waals surface area contributed by atoms with E-state index in [0.29, 0.717) is 0 Å². The standard InChI is InChI=1S/C14H21BrN2O/c15-13-6-2-1-5-12(13)14(16)7-9-17-8-3-4-11(18)10-17/h1-2,5-6,11,14,18H,3-4,7-10,16H2. The van der Waals surface area contributed by atoms with Gasteiger partial charge in [-0.3, -0.25) is 0 Å². The molecule has 1 aromatic carbocycles. The Hall–Kier alpha value is -0.420. The van der Waals surface area contributed by atoms with Gasteiger partial charge in [-0.25, -0.2) is 0 Å². The van der Waals surface area contributed by atoms with E-state index in [4.69, 9.17) is 5.73 Å². The van der Waals surface area contributed by atoms with Gasteiger partial charge < -0.3 is 15.7 Å². The SMILES string of the molecule is NC(CCN1CCCC(O)C1)c1ccccc1Br. The first-order valence-corrected chi connectivity index (χ1v) is 7.36. The van der Waals surface area contributed by atoms with Gasteiger partial charge in [0.2, 0.25) is 0 Å². The van der Waals surface area contributed by atoms with E-state index in [2.05, 4.69) is 26.9 Å². The van der Waals surface area contributed by atoms with Gasteiger partial charge in [-0.2, -0.15) is 0 Å². The summed E-state index contributed by atoms with van der Waals surface area (Å²) in [6.07, 6.45) is 2.80. The largest absolute Gasteiger partial charge is 0.392 e. The van der Waals surface area contributed by atoms with Gasteiger partial charge in [0, 0.05) is 23.6 Å². The summed E-state index contributed by atoms with van der Waals surface area (Å²) in [5.41, 5.74) is 7.39. The minimum absolute atomic E-state index is 0.0552. The predicted octanol–water partition coefficient (Wildman–Crippen LogP) is 2.30. The molecule has 3 nitrogen and oxygen atoms in total. The Morgan fingerprint density at radius 3 is 2.94 bits per heavy atom. The lowest BCUT2D eigenvalue weighted by Gasteiger charge is -2.30. The summed E-state index contributed by atoms with van der Waals surface area (Å²) in [5, 5.41) is 9.63. The lowest BCUT2D eigenvalue weighted by Crippen LogP contribution is -2.39. The number of piperidine rings is 1. The molecular weight excluding hydrogens is 292 g/mol. The van der Waals surface area contributed by atoms with Crippen molar-refractivity contribution in [2.45, 2.75) is 31.4 Å². The van der Waals surface area contributed by atoms with E-state index >= 15 is 0 Å². The van der Waals surface area contributed by atoms with Crippen LogP contribution in [-0.2, 0) is 0 Å². The van der Waals surface area contributed by atoms with E-state index in [9.17, 15) is 5.11 Å². The predicted molar refractivity (Wildman–Crippen MR) is 77.4 cm³/mol. The van der Waals surface area contributed by atoms with Crippen LogP contribution < -0.4 is 5.73 Å². The van der Waals surface area contributed by atoms with Gasteiger partial charge in [0.25, 0.3) is 0 Å². The molecule has 1 heterocycles. The third kappa shape index (κ3) is 3.79. The van der Waals surface area contributed by atoms with Crippen LogP contribution >= 0.6 is 15.9 Å². The number of halogens is 1. The average molecular weight is 313 g/mol. The zero-order valence-electron chi connectivity index (χ0n) is 10.6. The van der Waals surface area contributed by atoms with Gasteiger partial charge in [0.1, 0.15) is 0 Å². The van der Waals surface area contributed by atoms with Crippen LogP contribution in [0.25, 0.3) is 0 Å². The van der Waals surface area contributed by atoms with Crippen molar-refractivity contribution in [3.8, 4) is 0 Å². The number of benzene rings is 1. The van der Waals surface area contributed by atoms with Crippen LogP contribution in [0.5, 0.6) is 0 Å². The zero-order chi connectivity index (χ0) is 13.0. The molecule has 0 aromatic heterocycles. The van der Waals surface area contributed by atoms with E-state index in [0.717, 1.165) is 48.9 Å². The molecule has 3 N–H and O–H groups in total. The van der Waals surface area contributed by atoms with Crippen molar-refractivity contribution in [3.63, 3.8) is 0 Å². The molecule has 0 bridgehead atoms. The number of aliphatic hydroxyl groups excluding tert-OH is 1. The van der Waals surface area contributed by atoms with Crippen molar-refractivity contribution < 1.29 is 5.11 Å². The molecule has 0 amide bonds. The summed E-state index contributed by atoms with van der Waals surface area (Å²) in [7, 11) is 0. The maximum absolute atomic E-state index is 9.63. The van der Waals surface area contributed by atoms with Crippen LogP contribution in [-0.4, -0.2) is 35.7 Å². The second kappa shape index (κ2) is 6.66. The molecule has 0 saturated carbocycles. The van der Waals surface area contributed by atoms with Crippen molar-refractivity contribution in [2.24, 2.45) is 5.73 Å². The molecular formula is C14H21BrN2O. The van der Waals surface area contributed by atoms with Crippen molar-refractivity contribution >= 4 is 15.9 Å². The second-order valence-corrected chi connectivity index (χ2v) is 5.87. The highest BCUT2D eigenvalue weighted by atomic mass is 79.9. The minimum Gasteiger partial charge on any atom is -0.392 e. The highest BCUT2D eigenvalue weighted by molar-refractivity contribution is 9.10. The molecule has 100 valence electrons. The fraction of sp³-hybridized carbons (Fsp3) is 0.571. The van der Waals surface area contributed by atoms with Crippen LogP contribution in [0.1, 0.15) is 30.9 Å². The maximum atomic E-state index is 9.63. The van der Waals surface area contributed by atoms with Gasteiger partial charge in [0.15, 0.2) is 0 Å². The number of β-amino-alcohol motifs (C(OH)–C–C–N with tert-alkyl or cyclic N) is 1. The van der Waals surface area contributed by atoms with Crippen LogP contribution in [0, 0.1) is 0 Å². The molecule has 4 heteroatoms. The normalized spacial score (nSPS) is 22.9. The first-order valence-electron chi connectivity index (χ1n) is 6.57. The first kappa shape index (κ1) is 14.0. The average Bonchev–Trinajstić information content (AvgIpc) is 2.37. The summed E-state index contributed by atoms with van der Waals surface area (Å²) in [6, 6.07) is 8.17. The number of aliphatic hydroxyl groups is 1. The molecule has 0 aliphatic carbocycles. The second-order valence-electron chi connectivity index (χ2n) is 5.01. The molecule has 2 rings (SSSR count). The molecule has 2 atom stereocenters. The molecule has 1 fully saturated rings. The van der Waals surface area contributed by atoms with E-state index in [-0.39, 0.29) is 12.1 Å². The Labute approximate surface area is 117 Å². The van der Waals surface area contributed by atoms with Crippen molar-refractivity contribution in [1.82, 2.24) is 4.90 Å². The number of hydrogen-bond donors (Lipinski definition) is 2. The molecule has 1 aliphatic heterocycles. The number of nitrogens with two attached hydrogens (primary N) is 1. The molecule has 18 heavy (non-hydrogen) atoms. The first-order chi connectivity index (χ1) is 8.66. The van der Waals surface area contributed by atoms with E-state index in [1.165, 1.54) is 0 Å². The third-order valence-corrected chi connectivity index (χ3v) is 4.26. The fourth-order valence-corrected chi connectivity index (χ4v) is 3.07. The van der Waals surface area contributed by atoms with E-state index in [1.807, 2.05) is 18.2 Å².